The van der Waals surface area contributed by atoms with Crippen LogP contribution in [0.1, 0.15) is 5.56 Å². The SMILES string of the molecule is [NH]Cc1ccc(SC(F)(F)F)cc1. The van der Waals surface area contributed by atoms with Crippen LogP contribution in [0.3, 0.4) is 0 Å². The molecule has 0 aliphatic heterocycles. The molecular formula is C8H7F3NS. The van der Waals surface area contributed by atoms with Crippen molar-refractivity contribution in [1.82, 2.24) is 5.73 Å². The maximum Gasteiger partial charge on any atom is 0.446 e. The van der Waals surface area contributed by atoms with Crippen LogP contribution in [-0.2, 0) is 6.54 Å². The molecule has 1 rings (SSSR count). The van der Waals surface area contributed by atoms with Gasteiger partial charge in [0.15, 0.2) is 0 Å². The Labute approximate surface area is 78.1 Å². The Balaban J connectivity index is 2.70. The van der Waals surface area contributed by atoms with Gasteiger partial charge in [-0.05, 0) is 29.5 Å². The van der Waals surface area contributed by atoms with Crippen LogP contribution in [0.4, 0.5) is 13.2 Å². The van der Waals surface area contributed by atoms with Gasteiger partial charge in [-0.15, -0.1) is 0 Å². The molecule has 0 saturated carbocycles. The van der Waals surface area contributed by atoms with E-state index in [9.17, 15) is 13.2 Å². The summed E-state index contributed by atoms with van der Waals surface area (Å²) in [4.78, 5) is 0.157. The van der Waals surface area contributed by atoms with Gasteiger partial charge in [0.05, 0.1) is 0 Å². The van der Waals surface area contributed by atoms with Gasteiger partial charge in [-0.1, -0.05) is 12.1 Å². The molecular weight excluding hydrogens is 199 g/mol. The van der Waals surface area contributed by atoms with Crippen molar-refractivity contribution in [3.63, 3.8) is 0 Å². The van der Waals surface area contributed by atoms with Gasteiger partial charge in [-0.25, -0.2) is 0 Å². The molecule has 0 aromatic heterocycles. The van der Waals surface area contributed by atoms with Crippen LogP contribution in [0.25, 0.3) is 0 Å². The summed E-state index contributed by atoms with van der Waals surface area (Å²) in [5.74, 6) is 0. The second-order valence-electron chi connectivity index (χ2n) is 2.37. The Morgan fingerprint density at radius 3 is 2.08 bits per heavy atom. The molecule has 71 valence electrons. The topological polar surface area (TPSA) is 23.8 Å². The van der Waals surface area contributed by atoms with E-state index in [1.165, 1.54) is 24.3 Å². The quantitative estimate of drug-likeness (QED) is 0.682. The third-order valence-electron chi connectivity index (χ3n) is 1.36. The Morgan fingerprint density at radius 2 is 1.69 bits per heavy atom. The minimum absolute atomic E-state index is 0.0942. The Kier molecular flexibility index (Phi) is 3.22. The van der Waals surface area contributed by atoms with Crippen LogP contribution < -0.4 is 5.73 Å². The highest BCUT2D eigenvalue weighted by Gasteiger charge is 2.28. The van der Waals surface area contributed by atoms with Crippen LogP contribution in [0.5, 0.6) is 0 Å². The Morgan fingerprint density at radius 1 is 1.15 bits per heavy atom. The molecule has 0 fully saturated rings. The fraction of sp³-hybridized carbons (Fsp3) is 0.250. The molecule has 0 unspecified atom stereocenters. The van der Waals surface area contributed by atoms with E-state index in [1.54, 1.807) is 0 Å². The van der Waals surface area contributed by atoms with Gasteiger partial charge >= 0.3 is 5.51 Å². The van der Waals surface area contributed by atoms with Crippen LogP contribution in [0.15, 0.2) is 29.2 Å². The van der Waals surface area contributed by atoms with Gasteiger partial charge in [0.2, 0.25) is 0 Å². The molecule has 1 radical (unpaired) electrons. The van der Waals surface area contributed by atoms with E-state index in [0.717, 1.165) is 0 Å². The van der Waals surface area contributed by atoms with Crippen molar-refractivity contribution in [3.05, 3.63) is 29.8 Å². The van der Waals surface area contributed by atoms with Gasteiger partial charge < -0.3 is 0 Å². The summed E-state index contributed by atoms with van der Waals surface area (Å²) in [7, 11) is 0. The van der Waals surface area contributed by atoms with Crippen molar-refractivity contribution >= 4 is 11.8 Å². The molecule has 1 nitrogen and oxygen atoms in total. The van der Waals surface area contributed by atoms with E-state index in [2.05, 4.69) is 0 Å². The summed E-state index contributed by atoms with van der Waals surface area (Å²) in [6.07, 6.45) is 0. The maximum absolute atomic E-state index is 11.8. The first-order chi connectivity index (χ1) is 6.01. The predicted molar refractivity (Wildman–Crippen MR) is 45.2 cm³/mol. The molecule has 0 bridgehead atoms. The molecule has 0 saturated heterocycles. The summed E-state index contributed by atoms with van der Waals surface area (Å²) in [5.41, 5.74) is 3.45. The van der Waals surface area contributed by atoms with E-state index in [-0.39, 0.29) is 23.2 Å². The third kappa shape index (κ3) is 3.69. The number of nitrogens with one attached hydrogen (secondary N) is 1. The maximum atomic E-state index is 11.8. The minimum Gasteiger partial charge on any atom is -0.253 e. The number of alkyl halides is 3. The predicted octanol–water partition coefficient (Wildman–Crippen LogP) is 3.08. The number of thioether (sulfide) groups is 1. The monoisotopic (exact) mass is 206 g/mol. The van der Waals surface area contributed by atoms with Gasteiger partial charge in [-0.2, -0.15) is 13.2 Å². The third-order valence-corrected chi connectivity index (χ3v) is 2.10. The van der Waals surface area contributed by atoms with Crippen LogP contribution in [-0.4, -0.2) is 5.51 Å². The molecule has 13 heavy (non-hydrogen) atoms. The largest absolute Gasteiger partial charge is 0.446 e. The summed E-state index contributed by atoms with van der Waals surface area (Å²) in [6, 6.07) is 5.81. The smallest absolute Gasteiger partial charge is 0.253 e. The molecule has 0 atom stereocenters. The van der Waals surface area contributed by atoms with Crippen molar-refractivity contribution in [3.8, 4) is 0 Å². The summed E-state index contributed by atoms with van der Waals surface area (Å²) in [6.45, 7) is 0.0942. The fourth-order valence-corrected chi connectivity index (χ4v) is 1.35. The number of benzene rings is 1. The highest BCUT2D eigenvalue weighted by molar-refractivity contribution is 8.00. The van der Waals surface area contributed by atoms with E-state index in [0.29, 0.717) is 5.56 Å². The van der Waals surface area contributed by atoms with E-state index in [1.807, 2.05) is 0 Å². The van der Waals surface area contributed by atoms with Crippen LogP contribution >= 0.6 is 11.8 Å². The fourth-order valence-electron chi connectivity index (χ4n) is 0.809. The lowest BCUT2D eigenvalue weighted by Gasteiger charge is -2.05. The first kappa shape index (κ1) is 10.4. The average Bonchev–Trinajstić information content (AvgIpc) is 2.03. The van der Waals surface area contributed by atoms with Gasteiger partial charge in [0.1, 0.15) is 0 Å². The molecule has 1 aromatic carbocycles. The summed E-state index contributed by atoms with van der Waals surface area (Å²) in [5, 5.41) is 0. The molecule has 0 spiro atoms. The molecule has 5 heteroatoms. The van der Waals surface area contributed by atoms with Crippen molar-refractivity contribution in [2.75, 3.05) is 0 Å². The lowest BCUT2D eigenvalue weighted by atomic mass is 10.2. The number of halogens is 3. The van der Waals surface area contributed by atoms with E-state index in [4.69, 9.17) is 5.73 Å². The Hall–Kier alpha value is -0.680. The molecule has 0 heterocycles. The van der Waals surface area contributed by atoms with Crippen LogP contribution in [0.2, 0.25) is 0 Å². The average molecular weight is 206 g/mol. The summed E-state index contributed by atoms with van der Waals surface area (Å²) >= 11 is -0.141. The first-order valence-electron chi connectivity index (χ1n) is 3.50. The van der Waals surface area contributed by atoms with Crippen molar-refractivity contribution < 1.29 is 13.2 Å². The second-order valence-corrected chi connectivity index (χ2v) is 3.51. The van der Waals surface area contributed by atoms with Crippen molar-refractivity contribution in [2.45, 2.75) is 16.9 Å². The molecule has 0 aliphatic carbocycles. The lowest BCUT2D eigenvalue weighted by molar-refractivity contribution is -0.0328. The standard InChI is InChI=1S/C8H7F3NS/c9-8(10,11)13-7-3-1-6(5-12)2-4-7/h1-4,12H,5H2. The summed E-state index contributed by atoms with van der Waals surface area (Å²) < 4.78 is 35.5. The zero-order valence-electron chi connectivity index (χ0n) is 6.56. The van der Waals surface area contributed by atoms with E-state index < -0.39 is 5.51 Å². The molecule has 0 amide bonds. The molecule has 1 aromatic rings. The second kappa shape index (κ2) is 4.02. The zero-order valence-corrected chi connectivity index (χ0v) is 7.38. The van der Waals surface area contributed by atoms with Gasteiger partial charge in [0.25, 0.3) is 0 Å². The number of hydrogen-bond donors (Lipinski definition) is 0. The highest BCUT2D eigenvalue weighted by atomic mass is 32.2. The minimum atomic E-state index is -4.23. The highest BCUT2D eigenvalue weighted by Crippen LogP contribution is 2.36. The first-order valence-corrected chi connectivity index (χ1v) is 4.32. The van der Waals surface area contributed by atoms with Crippen molar-refractivity contribution in [2.24, 2.45) is 0 Å². The van der Waals surface area contributed by atoms with Gasteiger partial charge in [-0.3, -0.25) is 5.73 Å². The van der Waals surface area contributed by atoms with Crippen LogP contribution in [0, 0.1) is 0 Å². The Bertz CT molecular complexity index is 268. The zero-order chi connectivity index (χ0) is 9.90. The molecule has 0 aliphatic rings. The normalized spacial score (nSPS) is 11.7. The van der Waals surface area contributed by atoms with Gasteiger partial charge in [0, 0.05) is 11.4 Å². The van der Waals surface area contributed by atoms with Crippen molar-refractivity contribution in [1.29, 1.82) is 0 Å². The number of rotatable bonds is 2. The number of hydrogen-bond acceptors (Lipinski definition) is 1. The van der Waals surface area contributed by atoms with E-state index >= 15 is 0 Å². The lowest BCUT2D eigenvalue weighted by Crippen LogP contribution is -1.98. The molecule has 1 N–H and O–H groups in total.